The first-order valence-corrected chi connectivity index (χ1v) is 6.70. The molecular weight excluding hydrogens is 312 g/mol. The highest BCUT2D eigenvalue weighted by Gasteiger charge is 2.19. The van der Waals surface area contributed by atoms with Crippen LogP contribution in [0.5, 0.6) is 0 Å². The molecule has 0 fully saturated rings. The average molecular weight is 331 g/mol. The number of hydrogen-bond donors (Lipinski definition) is 3. The van der Waals surface area contributed by atoms with Crippen molar-refractivity contribution in [2.45, 2.75) is 19.9 Å². The number of nitrogen functional groups attached to an aromatic ring is 1. The van der Waals surface area contributed by atoms with Crippen molar-refractivity contribution in [2.24, 2.45) is 11.8 Å². The number of carbonyl (C=O) groups excluding carboxylic acids is 1. The summed E-state index contributed by atoms with van der Waals surface area (Å²) in [7, 11) is 1.61. The number of halogens is 1. The van der Waals surface area contributed by atoms with E-state index in [1.165, 1.54) is 0 Å². The Labute approximate surface area is 121 Å². The van der Waals surface area contributed by atoms with Gasteiger partial charge < -0.3 is 15.5 Å². The molecule has 1 aromatic heterocycles. The monoisotopic (exact) mass is 330 g/mol. The van der Waals surface area contributed by atoms with Crippen molar-refractivity contribution >= 4 is 27.7 Å². The number of hydrazine groups is 1. The van der Waals surface area contributed by atoms with E-state index in [2.05, 4.69) is 31.7 Å². The van der Waals surface area contributed by atoms with Crippen LogP contribution in [-0.4, -0.2) is 30.6 Å². The van der Waals surface area contributed by atoms with Gasteiger partial charge in [0.1, 0.15) is 0 Å². The number of amides is 1. The first-order valence-electron chi connectivity index (χ1n) is 5.91. The fourth-order valence-corrected chi connectivity index (χ4v) is 1.89. The zero-order valence-corrected chi connectivity index (χ0v) is 12.8. The molecule has 0 spiro atoms. The molecule has 1 heterocycles. The van der Waals surface area contributed by atoms with Gasteiger partial charge in [0.05, 0.1) is 18.2 Å². The SMILES string of the molecule is COCC(NC(=O)c1cc(Br)cnc1NN)C(C)C. The van der Waals surface area contributed by atoms with Crippen molar-refractivity contribution < 1.29 is 9.53 Å². The lowest BCUT2D eigenvalue weighted by atomic mass is 10.0. The van der Waals surface area contributed by atoms with Crippen molar-refractivity contribution in [1.29, 1.82) is 0 Å². The first kappa shape index (κ1) is 15.9. The molecule has 7 heteroatoms. The molecule has 1 amide bonds. The number of nitrogens with two attached hydrogens (primary N) is 1. The molecule has 0 radical (unpaired) electrons. The van der Waals surface area contributed by atoms with E-state index in [0.29, 0.717) is 22.5 Å². The zero-order chi connectivity index (χ0) is 14.4. The van der Waals surface area contributed by atoms with E-state index in [9.17, 15) is 4.79 Å². The number of rotatable bonds is 6. The summed E-state index contributed by atoms with van der Waals surface area (Å²) in [4.78, 5) is 16.3. The molecule has 1 unspecified atom stereocenters. The predicted octanol–water partition coefficient (Wildman–Crippen LogP) is 1.53. The van der Waals surface area contributed by atoms with Gasteiger partial charge >= 0.3 is 0 Å². The molecule has 0 aliphatic carbocycles. The van der Waals surface area contributed by atoms with Crippen LogP contribution in [0, 0.1) is 5.92 Å². The Morgan fingerprint density at radius 3 is 2.79 bits per heavy atom. The third kappa shape index (κ3) is 4.45. The Kier molecular flexibility index (Phi) is 6.20. The third-order valence-corrected chi connectivity index (χ3v) is 3.14. The molecule has 4 N–H and O–H groups in total. The Balaban J connectivity index is 2.90. The molecule has 0 aromatic carbocycles. The van der Waals surface area contributed by atoms with Gasteiger partial charge in [-0.25, -0.2) is 10.8 Å². The van der Waals surface area contributed by atoms with Crippen LogP contribution >= 0.6 is 15.9 Å². The van der Waals surface area contributed by atoms with Gasteiger partial charge in [0.2, 0.25) is 0 Å². The number of methoxy groups -OCH3 is 1. The van der Waals surface area contributed by atoms with Gasteiger partial charge in [-0.2, -0.15) is 0 Å². The molecule has 19 heavy (non-hydrogen) atoms. The first-order chi connectivity index (χ1) is 8.99. The molecule has 1 atom stereocenters. The highest BCUT2D eigenvalue weighted by atomic mass is 79.9. The van der Waals surface area contributed by atoms with E-state index >= 15 is 0 Å². The molecule has 1 rings (SSSR count). The van der Waals surface area contributed by atoms with E-state index in [-0.39, 0.29) is 17.9 Å². The quantitative estimate of drug-likeness (QED) is 0.543. The Morgan fingerprint density at radius 1 is 1.58 bits per heavy atom. The van der Waals surface area contributed by atoms with Crippen LogP contribution in [0.3, 0.4) is 0 Å². The van der Waals surface area contributed by atoms with Crippen molar-refractivity contribution in [3.8, 4) is 0 Å². The summed E-state index contributed by atoms with van der Waals surface area (Å²) in [6.45, 7) is 4.49. The lowest BCUT2D eigenvalue weighted by Crippen LogP contribution is -2.42. The van der Waals surface area contributed by atoms with Crippen LogP contribution in [0.4, 0.5) is 5.82 Å². The van der Waals surface area contributed by atoms with Gasteiger partial charge in [-0.1, -0.05) is 13.8 Å². The summed E-state index contributed by atoms with van der Waals surface area (Å²) in [5, 5.41) is 2.92. The van der Waals surface area contributed by atoms with Gasteiger partial charge in [0.25, 0.3) is 5.91 Å². The minimum atomic E-state index is -0.238. The minimum Gasteiger partial charge on any atom is -0.383 e. The number of ether oxygens (including phenoxy) is 1. The second-order valence-electron chi connectivity index (χ2n) is 4.47. The Bertz CT molecular complexity index is 440. The van der Waals surface area contributed by atoms with Crippen LogP contribution in [0.2, 0.25) is 0 Å². The summed E-state index contributed by atoms with van der Waals surface area (Å²) in [6.07, 6.45) is 1.57. The average Bonchev–Trinajstić information content (AvgIpc) is 2.37. The van der Waals surface area contributed by atoms with E-state index in [1.54, 1.807) is 19.4 Å². The second-order valence-corrected chi connectivity index (χ2v) is 5.39. The zero-order valence-electron chi connectivity index (χ0n) is 11.2. The van der Waals surface area contributed by atoms with E-state index in [1.807, 2.05) is 13.8 Å². The topological polar surface area (TPSA) is 89.3 Å². The van der Waals surface area contributed by atoms with E-state index in [4.69, 9.17) is 10.6 Å². The van der Waals surface area contributed by atoms with Crippen molar-refractivity contribution in [2.75, 3.05) is 19.1 Å². The fourth-order valence-electron chi connectivity index (χ4n) is 1.55. The maximum absolute atomic E-state index is 12.2. The van der Waals surface area contributed by atoms with Crippen molar-refractivity contribution in [3.63, 3.8) is 0 Å². The van der Waals surface area contributed by atoms with Crippen LogP contribution < -0.4 is 16.6 Å². The van der Waals surface area contributed by atoms with E-state index in [0.717, 1.165) is 0 Å². The van der Waals surface area contributed by atoms with Gasteiger partial charge in [0, 0.05) is 17.8 Å². The summed E-state index contributed by atoms with van der Waals surface area (Å²) in [6, 6.07) is 1.60. The largest absolute Gasteiger partial charge is 0.383 e. The summed E-state index contributed by atoms with van der Waals surface area (Å²) >= 11 is 3.28. The molecule has 0 saturated heterocycles. The fraction of sp³-hybridized carbons (Fsp3) is 0.500. The lowest BCUT2D eigenvalue weighted by Gasteiger charge is -2.22. The second kappa shape index (κ2) is 7.42. The highest BCUT2D eigenvalue weighted by molar-refractivity contribution is 9.10. The third-order valence-electron chi connectivity index (χ3n) is 2.70. The standard InChI is InChI=1S/C12H19BrN4O2/c1-7(2)10(6-19-3)16-12(18)9-4-8(13)5-15-11(9)17-14/h4-5,7,10H,6,14H2,1-3H3,(H,15,17)(H,16,18). The van der Waals surface area contributed by atoms with Crippen LogP contribution in [0.1, 0.15) is 24.2 Å². The molecule has 106 valence electrons. The van der Waals surface area contributed by atoms with Gasteiger partial charge in [-0.05, 0) is 27.9 Å². The number of anilines is 1. The minimum absolute atomic E-state index is 0.0675. The Hall–Kier alpha value is -1.18. The normalized spacial score (nSPS) is 12.3. The van der Waals surface area contributed by atoms with Crippen LogP contribution in [0.25, 0.3) is 0 Å². The smallest absolute Gasteiger partial charge is 0.255 e. The highest BCUT2D eigenvalue weighted by Crippen LogP contribution is 2.17. The molecule has 6 nitrogen and oxygen atoms in total. The van der Waals surface area contributed by atoms with Gasteiger partial charge in [0.15, 0.2) is 5.82 Å². The maximum Gasteiger partial charge on any atom is 0.255 e. The molecular formula is C12H19BrN4O2. The maximum atomic E-state index is 12.2. The number of pyridine rings is 1. The summed E-state index contributed by atoms with van der Waals surface area (Å²) < 4.78 is 5.81. The number of aromatic nitrogens is 1. The number of hydrogen-bond acceptors (Lipinski definition) is 5. The van der Waals surface area contributed by atoms with Crippen molar-refractivity contribution in [1.82, 2.24) is 10.3 Å². The predicted molar refractivity (Wildman–Crippen MR) is 77.7 cm³/mol. The Morgan fingerprint density at radius 2 is 2.26 bits per heavy atom. The van der Waals surface area contributed by atoms with E-state index < -0.39 is 0 Å². The van der Waals surface area contributed by atoms with Gasteiger partial charge in [-0.15, -0.1) is 0 Å². The summed E-state index contributed by atoms with van der Waals surface area (Å²) in [5.41, 5.74) is 2.80. The molecule has 0 aliphatic heterocycles. The number of nitrogens with one attached hydrogen (secondary N) is 2. The van der Waals surface area contributed by atoms with Crippen LogP contribution in [-0.2, 0) is 4.74 Å². The molecule has 0 saturated carbocycles. The molecule has 1 aromatic rings. The van der Waals surface area contributed by atoms with Gasteiger partial charge in [-0.3, -0.25) is 4.79 Å². The number of carbonyl (C=O) groups is 1. The lowest BCUT2D eigenvalue weighted by molar-refractivity contribution is 0.0867. The summed E-state index contributed by atoms with van der Waals surface area (Å²) in [5.74, 6) is 5.71. The van der Waals surface area contributed by atoms with Crippen LogP contribution in [0.15, 0.2) is 16.7 Å². The molecule has 0 aliphatic rings. The van der Waals surface area contributed by atoms with Crippen molar-refractivity contribution in [3.05, 3.63) is 22.3 Å². The number of nitrogens with zero attached hydrogens (tertiary/aromatic N) is 1. The molecule has 0 bridgehead atoms.